The molecule has 0 radical (unpaired) electrons. The lowest BCUT2D eigenvalue weighted by Crippen LogP contribution is -2.34. The van der Waals surface area contributed by atoms with Crippen LogP contribution < -0.4 is 17.0 Å². The van der Waals surface area contributed by atoms with Gasteiger partial charge in [0.25, 0.3) is 5.56 Å². The van der Waals surface area contributed by atoms with Crippen molar-refractivity contribution in [2.45, 2.75) is 32.8 Å². The highest BCUT2D eigenvalue weighted by Gasteiger charge is 2.31. The van der Waals surface area contributed by atoms with Crippen LogP contribution in [0.5, 0.6) is 0 Å². The second-order valence-electron chi connectivity index (χ2n) is 10.9. The second kappa shape index (κ2) is 9.47. The number of fused-ring (bicyclic) bond motifs is 4. The molecule has 0 bridgehead atoms. The van der Waals surface area contributed by atoms with E-state index in [-0.39, 0.29) is 27.2 Å². The fraction of sp³-hybridized carbons (Fsp3) is 0.156. The number of aromatic nitrogens is 2. The van der Waals surface area contributed by atoms with Crippen molar-refractivity contribution < 1.29 is 18.7 Å². The highest BCUT2D eigenvalue weighted by molar-refractivity contribution is 6.35. The first-order valence-corrected chi connectivity index (χ1v) is 13.4. The Labute approximate surface area is 242 Å². The number of benzene rings is 4. The predicted octanol–water partition coefficient (Wildman–Crippen LogP) is 5.48. The number of aliphatic hydroxyl groups is 1. The maximum Gasteiger partial charge on any atom is 0.333 e. The summed E-state index contributed by atoms with van der Waals surface area (Å²) in [6, 6.07) is 13.5. The molecule has 1 aromatic heterocycles. The first-order chi connectivity index (χ1) is 19.8. The van der Waals surface area contributed by atoms with Gasteiger partial charge < -0.3 is 15.8 Å². The number of amides is 1. The van der Waals surface area contributed by atoms with E-state index in [4.69, 9.17) is 17.3 Å². The summed E-state index contributed by atoms with van der Waals surface area (Å²) in [6.45, 7) is 5.06. The zero-order chi connectivity index (χ0) is 30.2. The first kappa shape index (κ1) is 27.6. The number of carbonyl (C=O) groups excluding carboxylic acids is 1. The van der Waals surface area contributed by atoms with Crippen LogP contribution in [0, 0.1) is 18.6 Å². The van der Waals surface area contributed by atoms with Gasteiger partial charge in [0.05, 0.1) is 22.2 Å². The zero-order valence-electron chi connectivity index (χ0n) is 22.7. The fourth-order valence-corrected chi connectivity index (χ4v) is 6.12. The number of nitrogens with one attached hydrogen (secondary N) is 1. The van der Waals surface area contributed by atoms with E-state index >= 15 is 0 Å². The van der Waals surface area contributed by atoms with Gasteiger partial charge in [0.1, 0.15) is 5.82 Å². The minimum atomic E-state index is -1.09. The maximum atomic E-state index is 14.4. The Bertz CT molecular complexity index is 2130. The van der Waals surface area contributed by atoms with Crippen molar-refractivity contribution >= 4 is 28.4 Å². The minimum Gasteiger partial charge on any atom is -0.386 e. The van der Waals surface area contributed by atoms with Gasteiger partial charge in [-0.25, -0.2) is 18.1 Å². The molecule has 1 amide bonds. The Morgan fingerprint density at radius 2 is 1.79 bits per heavy atom. The van der Waals surface area contributed by atoms with Crippen LogP contribution in [-0.2, 0) is 12.0 Å². The molecule has 0 unspecified atom stereocenters. The monoisotopic (exact) mass is 587 g/mol. The van der Waals surface area contributed by atoms with Gasteiger partial charge in [0, 0.05) is 22.2 Å². The number of carbonyl (C=O) groups is 1. The van der Waals surface area contributed by atoms with Crippen LogP contribution in [0.25, 0.3) is 38.8 Å². The van der Waals surface area contributed by atoms with Crippen molar-refractivity contribution in [2.75, 3.05) is 0 Å². The molecule has 0 saturated carbocycles. The van der Waals surface area contributed by atoms with Crippen LogP contribution >= 0.6 is 11.6 Å². The molecule has 1 aliphatic rings. The number of nitrogens with two attached hydrogens (primary N) is 1. The number of halogens is 3. The van der Waals surface area contributed by atoms with Crippen molar-refractivity contribution in [3.63, 3.8) is 0 Å². The SMILES string of the molecule is Cc1c(-c2c(Cl)cc(C(N)=O)c3c2-c2ccc(C(C)(C)O)cc2C3)cccc1-n1c(=O)[nH]c2c(F)cc(F)cc2c1=O. The van der Waals surface area contributed by atoms with Gasteiger partial charge in [-0.05, 0) is 84.3 Å². The van der Waals surface area contributed by atoms with Crippen LogP contribution in [0.1, 0.15) is 46.5 Å². The van der Waals surface area contributed by atoms with Gasteiger partial charge in [-0.1, -0.05) is 41.9 Å². The molecule has 42 heavy (non-hydrogen) atoms. The average molecular weight is 588 g/mol. The zero-order valence-corrected chi connectivity index (χ0v) is 23.5. The number of rotatable bonds is 4. The fourth-order valence-electron chi connectivity index (χ4n) is 5.81. The molecule has 4 aromatic carbocycles. The van der Waals surface area contributed by atoms with E-state index in [9.17, 15) is 28.3 Å². The van der Waals surface area contributed by atoms with Crippen molar-refractivity contribution in [1.82, 2.24) is 9.55 Å². The highest BCUT2D eigenvalue weighted by atomic mass is 35.5. The van der Waals surface area contributed by atoms with E-state index < -0.39 is 34.4 Å². The third-order valence-corrected chi connectivity index (χ3v) is 8.14. The molecule has 1 heterocycles. The molecule has 0 spiro atoms. The van der Waals surface area contributed by atoms with Gasteiger partial charge in [0.2, 0.25) is 5.91 Å². The number of hydrogen-bond acceptors (Lipinski definition) is 4. The Kier molecular flexibility index (Phi) is 6.22. The summed E-state index contributed by atoms with van der Waals surface area (Å²) in [5.74, 6) is -2.65. The van der Waals surface area contributed by atoms with E-state index in [1.54, 1.807) is 45.0 Å². The van der Waals surface area contributed by atoms with Gasteiger partial charge >= 0.3 is 5.69 Å². The predicted molar refractivity (Wildman–Crippen MR) is 157 cm³/mol. The summed E-state index contributed by atoms with van der Waals surface area (Å²) >= 11 is 6.84. The van der Waals surface area contributed by atoms with Crippen LogP contribution in [0.2, 0.25) is 5.02 Å². The van der Waals surface area contributed by atoms with E-state index in [0.717, 1.165) is 21.8 Å². The van der Waals surface area contributed by atoms with Crippen molar-refractivity contribution in [3.8, 4) is 27.9 Å². The molecule has 212 valence electrons. The Balaban J connectivity index is 1.64. The molecule has 0 fully saturated rings. The number of aromatic amines is 1. The molecule has 0 atom stereocenters. The summed E-state index contributed by atoms with van der Waals surface area (Å²) in [7, 11) is 0. The van der Waals surface area contributed by atoms with E-state index in [1.165, 1.54) is 6.07 Å². The topological polar surface area (TPSA) is 118 Å². The molecule has 5 aromatic rings. The summed E-state index contributed by atoms with van der Waals surface area (Å²) in [5, 5.41) is 10.5. The normalized spacial score (nSPS) is 12.5. The molecular formula is C32H24ClF2N3O4. The van der Waals surface area contributed by atoms with Crippen molar-refractivity contribution in [3.05, 3.63) is 120 Å². The van der Waals surface area contributed by atoms with Crippen molar-refractivity contribution in [2.24, 2.45) is 5.73 Å². The molecule has 7 nitrogen and oxygen atoms in total. The lowest BCUT2D eigenvalue weighted by Gasteiger charge is -2.20. The highest BCUT2D eigenvalue weighted by Crippen LogP contribution is 2.49. The lowest BCUT2D eigenvalue weighted by molar-refractivity contribution is 0.0785. The standard InChI is InChI=1S/C32H24ClF2N3O4/c1-14-18(5-4-6-25(14)38-30(40)22-11-17(34)12-24(35)28(22)37-31(38)41)27-23(33)13-21(29(36)39)20-10-15-9-16(32(2,3)42)7-8-19(15)26(20)27/h4-9,11-13,42H,10H2,1-3H3,(H2,36,39)(H,37,41). The number of primary amides is 1. The smallest absolute Gasteiger partial charge is 0.333 e. The van der Waals surface area contributed by atoms with E-state index in [2.05, 4.69) is 4.98 Å². The summed E-state index contributed by atoms with van der Waals surface area (Å²) < 4.78 is 29.2. The van der Waals surface area contributed by atoms with Crippen LogP contribution in [0.3, 0.4) is 0 Å². The quantitative estimate of drug-likeness (QED) is 0.253. The molecular weight excluding hydrogens is 564 g/mol. The number of hydrogen-bond donors (Lipinski definition) is 3. The third kappa shape index (κ3) is 4.16. The van der Waals surface area contributed by atoms with Crippen LogP contribution in [0.4, 0.5) is 8.78 Å². The van der Waals surface area contributed by atoms with Crippen LogP contribution in [0.15, 0.2) is 64.2 Å². The molecule has 6 rings (SSSR count). The maximum absolute atomic E-state index is 14.4. The van der Waals surface area contributed by atoms with E-state index in [1.807, 2.05) is 12.1 Å². The average Bonchev–Trinajstić information content (AvgIpc) is 3.28. The summed E-state index contributed by atoms with van der Waals surface area (Å²) in [4.78, 5) is 41.3. The van der Waals surface area contributed by atoms with Gasteiger partial charge in [-0.3, -0.25) is 9.59 Å². The Hall–Kier alpha value is -4.60. The lowest BCUT2D eigenvalue weighted by atomic mass is 9.88. The second-order valence-corrected chi connectivity index (χ2v) is 11.3. The molecule has 0 saturated heterocycles. The summed E-state index contributed by atoms with van der Waals surface area (Å²) in [5.41, 5.74) is 8.26. The van der Waals surface area contributed by atoms with Crippen LogP contribution in [-0.4, -0.2) is 20.6 Å². The molecule has 0 aliphatic heterocycles. The van der Waals surface area contributed by atoms with Crippen molar-refractivity contribution in [1.29, 1.82) is 0 Å². The Morgan fingerprint density at radius 3 is 2.48 bits per heavy atom. The minimum absolute atomic E-state index is 0.185. The molecule has 10 heteroatoms. The first-order valence-electron chi connectivity index (χ1n) is 13.0. The molecule has 4 N–H and O–H groups in total. The largest absolute Gasteiger partial charge is 0.386 e. The number of H-pyrrole nitrogens is 1. The number of nitrogens with zero attached hydrogens (tertiary/aromatic N) is 1. The van der Waals surface area contributed by atoms with Gasteiger partial charge in [0.15, 0.2) is 5.82 Å². The van der Waals surface area contributed by atoms with Gasteiger partial charge in [-0.15, -0.1) is 0 Å². The van der Waals surface area contributed by atoms with E-state index in [0.29, 0.717) is 45.9 Å². The summed E-state index contributed by atoms with van der Waals surface area (Å²) in [6.07, 6.45) is 0.372. The Morgan fingerprint density at radius 1 is 1.05 bits per heavy atom. The third-order valence-electron chi connectivity index (χ3n) is 7.84. The van der Waals surface area contributed by atoms with Gasteiger partial charge in [-0.2, -0.15) is 0 Å². The molecule has 1 aliphatic carbocycles.